The first kappa shape index (κ1) is 20.5. The van der Waals surface area contributed by atoms with Gasteiger partial charge in [-0.3, -0.25) is 0 Å². The number of hydrogen-bond donors (Lipinski definition) is 1. The average molecular weight is 339 g/mol. The van der Waals surface area contributed by atoms with Crippen LogP contribution >= 0.6 is 0 Å². The molecule has 24 heavy (non-hydrogen) atoms. The number of carbonyl (C=O) groups excluding carboxylic acids is 1. The normalized spacial score (nSPS) is 12.5. The summed E-state index contributed by atoms with van der Waals surface area (Å²) in [4.78, 5) is 16.2. The number of hydrogen-bond acceptors (Lipinski definition) is 4. The van der Waals surface area contributed by atoms with Gasteiger partial charge in [-0.05, 0) is 40.5 Å². The molecule has 6 heteroatoms. The lowest BCUT2D eigenvalue weighted by molar-refractivity contribution is 0.0471. The molecular weight excluding hydrogens is 306 g/mol. The zero-order valence-corrected chi connectivity index (χ0v) is 16.2. The van der Waals surface area contributed by atoms with E-state index in [2.05, 4.69) is 28.7 Å². The molecule has 0 fully saturated rings. The second kappa shape index (κ2) is 8.51. The number of rotatable bonds is 8. The van der Waals surface area contributed by atoms with E-state index in [9.17, 15) is 4.79 Å². The standard InChI is InChI=1S/C18H33N3O3/c1-14(2)12-23-9-8-21-13-19-11-15(21)10-18(6,7)20-16(22)24-17(3,4)5/h11,13-14H,8-10,12H2,1-7H3,(H,20,22). The summed E-state index contributed by atoms with van der Waals surface area (Å²) < 4.78 is 13.0. The molecule has 1 N–H and O–H groups in total. The second-order valence-electron chi connectivity index (χ2n) is 8.23. The summed E-state index contributed by atoms with van der Waals surface area (Å²) in [5.41, 5.74) is 0.124. The Hall–Kier alpha value is -1.56. The van der Waals surface area contributed by atoms with Gasteiger partial charge in [-0.1, -0.05) is 13.8 Å². The number of ether oxygens (including phenoxy) is 2. The molecule has 6 nitrogen and oxygen atoms in total. The van der Waals surface area contributed by atoms with Crippen molar-refractivity contribution in [2.24, 2.45) is 5.92 Å². The highest BCUT2D eigenvalue weighted by atomic mass is 16.6. The van der Waals surface area contributed by atoms with Crippen molar-refractivity contribution in [3.63, 3.8) is 0 Å². The smallest absolute Gasteiger partial charge is 0.408 e. The third-order valence-corrected chi connectivity index (χ3v) is 3.19. The van der Waals surface area contributed by atoms with Crippen molar-refractivity contribution in [3.05, 3.63) is 18.2 Å². The Balaban J connectivity index is 2.55. The van der Waals surface area contributed by atoms with E-state index in [0.717, 1.165) is 18.8 Å². The van der Waals surface area contributed by atoms with Crippen LogP contribution in [0.2, 0.25) is 0 Å². The summed E-state index contributed by atoms with van der Waals surface area (Å²) in [6, 6.07) is 0. The molecule has 0 saturated carbocycles. The maximum Gasteiger partial charge on any atom is 0.408 e. The average Bonchev–Trinajstić information content (AvgIpc) is 2.77. The molecule has 0 bridgehead atoms. The minimum absolute atomic E-state index is 0.404. The molecule has 138 valence electrons. The topological polar surface area (TPSA) is 65.4 Å². The van der Waals surface area contributed by atoms with Crippen LogP contribution < -0.4 is 5.32 Å². The molecule has 1 aromatic heterocycles. The highest BCUT2D eigenvalue weighted by Crippen LogP contribution is 2.15. The highest BCUT2D eigenvalue weighted by Gasteiger charge is 2.26. The van der Waals surface area contributed by atoms with Gasteiger partial charge in [0.1, 0.15) is 5.60 Å². The van der Waals surface area contributed by atoms with Gasteiger partial charge in [0.15, 0.2) is 0 Å². The summed E-state index contributed by atoms with van der Waals surface area (Å²) in [5, 5.41) is 2.93. The van der Waals surface area contributed by atoms with E-state index in [1.165, 1.54) is 0 Å². The Morgan fingerprint density at radius 3 is 2.54 bits per heavy atom. The molecular formula is C18H33N3O3. The minimum Gasteiger partial charge on any atom is -0.444 e. The zero-order chi connectivity index (χ0) is 18.4. The van der Waals surface area contributed by atoms with Crippen molar-refractivity contribution in [2.75, 3.05) is 13.2 Å². The maximum atomic E-state index is 12.0. The fraction of sp³-hybridized carbons (Fsp3) is 0.778. The Bertz CT molecular complexity index is 516. The van der Waals surface area contributed by atoms with Crippen LogP contribution in [0.5, 0.6) is 0 Å². The molecule has 0 aliphatic heterocycles. The summed E-state index contributed by atoms with van der Waals surface area (Å²) in [7, 11) is 0. The maximum absolute atomic E-state index is 12.0. The molecule has 0 aliphatic carbocycles. The van der Waals surface area contributed by atoms with E-state index in [-0.39, 0.29) is 0 Å². The summed E-state index contributed by atoms with van der Waals surface area (Å²) in [6.45, 7) is 15.9. The molecule has 0 unspecified atom stereocenters. The fourth-order valence-corrected chi connectivity index (χ4v) is 2.26. The fourth-order valence-electron chi connectivity index (χ4n) is 2.26. The van der Waals surface area contributed by atoms with Crippen molar-refractivity contribution in [2.45, 2.75) is 72.6 Å². The van der Waals surface area contributed by atoms with Gasteiger partial charge >= 0.3 is 6.09 Å². The van der Waals surface area contributed by atoms with Gasteiger partial charge in [0.25, 0.3) is 0 Å². The van der Waals surface area contributed by atoms with Crippen LogP contribution in [0.1, 0.15) is 54.2 Å². The van der Waals surface area contributed by atoms with Crippen LogP contribution in [0.4, 0.5) is 4.79 Å². The summed E-state index contributed by atoms with van der Waals surface area (Å²) in [6.07, 6.45) is 3.90. The quantitative estimate of drug-likeness (QED) is 0.737. The number of carbonyl (C=O) groups is 1. The predicted octanol–water partition coefficient (Wildman–Crippen LogP) is 3.40. The molecule has 0 aliphatic rings. The van der Waals surface area contributed by atoms with E-state index in [0.29, 0.717) is 18.9 Å². The number of aromatic nitrogens is 2. The Kier molecular flexibility index (Phi) is 7.27. The first-order chi connectivity index (χ1) is 11.0. The molecule has 1 heterocycles. The van der Waals surface area contributed by atoms with Gasteiger partial charge in [0, 0.05) is 37.0 Å². The number of nitrogens with zero attached hydrogens (tertiary/aromatic N) is 2. The Labute approximate surface area is 145 Å². The van der Waals surface area contributed by atoms with Crippen molar-refractivity contribution < 1.29 is 14.3 Å². The minimum atomic E-state index is -0.504. The molecule has 0 spiro atoms. The first-order valence-corrected chi connectivity index (χ1v) is 8.56. The molecule has 1 aromatic rings. The highest BCUT2D eigenvalue weighted by molar-refractivity contribution is 5.68. The third-order valence-electron chi connectivity index (χ3n) is 3.19. The van der Waals surface area contributed by atoms with E-state index in [1.54, 1.807) is 6.33 Å². The van der Waals surface area contributed by atoms with Crippen molar-refractivity contribution in [3.8, 4) is 0 Å². The molecule has 1 rings (SSSR count). The van der Waals surface area contributed by atoms with Crippen molar-refractivity contribution in [1.29, 1.82) is 0 Å². The second-order valence-corrected chi connectivity index (χ2v) is 8.23. The van der Waals surface area contributed by atoms with Gasteiger partial charge in [-0.15, -0.1) is 0 Å². The number of imidazole rings is 1. The van der Waals surface area contributed by atoms with E-state index < -0.39 is 17.2 Å². The summed E-state index contributed by atoms with van der Waals surface area (Å²) >= 11 is 0. The van der Waals surface area contributed by atoms with Gasteiger partial charge in [-0.25, -0.2) is 9.78 Å². The molecule has 0 radical (unpaired) electrons. The van der Waals surface area contributed by atoms with E-state index in [1.807, 2.05) is 40.8 Å². The Morgan fingerprint density at radius 1 is 1.29 bits per heavy atom. The van der Waals surface area contributed by atoms with E-state index in [4.69, 9.17) is 9.47 Å². The number of amides is 1. The predicted molar refractivity (Wildman–Crippen MR) is 95.0 cm³/mol. The zero-order valence-electron chi connectivity index (χ0n) is 16.2. The van der Waals surface area contributed by atoms with Gasteiger partial charge < -0.3 is 19.4 Å². The van der Waals surface area contributed by atoms with Crippen LogP contribution in [0.15, 0.2) is 12.5 Å². The molecule has 1 amide bonds. The number of alkyl carbamates (subject to hydrolysis) is 1. The third kappa shape index (κ3) is 8.34. The van der Waals surface area contributed by atoms with Crippen molar-refractivity contribution in [1.82, 2.24) is 14.9 Å². The SMILES string of the molecule is CC(C)COCCn1cncc1CC(C)(C)NC(=O)OC(C)(C)C. The van der Waals surface area contributed by atoms with E-state index >= 15 is 0 Å². The van der Waals surface area contributed by atoms with Crippen LogP contribution in [-0.4, -0.2) is 40.0 Å². The molecule has 0 aromatic carbocycles. The molecule has 0 atom stereocenters. The lowest BCUT2D eigenvalue weighted by Gasteiger charge is -2.29. The monoisotopic (exact) mass is 339 g/mol. The van der Waals surface area contributed by atoms with Gasteiger partial charge in [-0.2, -0.15) is 0 Å². The molecule has 0 saturated heterocycles. The van der Waals surface area contributed by atoms with Gasteiger partial charge in [0.05, 0.1) is 12.9 Å². The van der Waals surface area contributed by atoms with Crippen LogP contribution in [0, 0.1) is 5.92 Å². The number of nitrogens with one attached hydrogen (secondary N) is 1. The summed E-state index contributed by atoms with van der Waals surface area (Å²) in [5.74, 6) is 0.532. The van der Waals surface area contributed by atoms with Crippen LogP contribution in [0.25, 0.3) is 0 Å². The van der Waals surface area contributed by atoms with Crippen LogP contribution in [-0.2, 0) is 22.4 Å². The first-order valence-electron chi connectivity index (χ1n) is 8.56. The largest absolute Gasteiger partial charge is 0.444 e. The van der Waals surface area contributed by atoms with Gasteiger partial charge in [0.2, 0.25) is 0 Å². The van der Waals surface area contributed by atoms with Crippen molar-refractivity contribution >= 4 is 6.09 Å². The van der Waals surface area contributed by atoms with Crippen LogP contribution in [0.3, 0.4) is 0 Å². The lowest BCUT2D eigenvalue weighted by Crippen LogP contribution is -2.47. The lowest BCUT2D eigenvalue weighted by atomic mass is 9.99. The Morgan fingerprint density at radius 2 is 1.96 bits per heavy atom.